The second-order valence-corrected chi connectivity index (χ2v) is 10.6. The highest BCUT2D eigenvalue weighted by molar-refractivity contribution is 7.91. The summed E-state index contributed by atoms with van der Waals surface area (Å²) in [5, 5.41) is 2.97. The van der Waals surface area contributed by atoms with Crippen LogP contribution in [0.1, 0.15) is 37.7 Å². The maximum atomic E-state index is 12.6. The van der Waals surface area contributed by atoms with Crippen LogP contribution >= 0.6 is 0 Å². The van der Waals surface area contributed by atoms with Gasteiger partial charge in [-0.1, -0.05) is 30.3 Å². The van der Waals surface area contributed by atoms with Gasteiger partial charge in [0.2, 0.25) is 5.91 Å². The number of nitrogens with zero attached hydrogens (tertiary/aromatic N) is 1. The minimum absolute atomic E-state index is 0.0369. The number of likely N-dealkylation sites (N-methyl/N-ethyl adjacent to an activating group) is 1. The van der Waals surface area contributed by atoms with Crippen LogP contribution in [0.25, 0.3) is 0 Å². The Labute approximate surface area is 157 Å². The van der Waals surface area contributed by atoms with Gasteiger partial charge in [-0.3, -0.25) is 4.79 Å². The Balaban J connectivity index is 1.72. The van der Waals surface area contributed by atoms with Gasteiger partial charge < -0.3 is 9.80 Å². The lowest BCUT2D eigenvalue weighted by Crippen LogP contribution is -2.63. The van der Waals surface area contributed by atoms with E-state index < -0.39 is 9.84 Å². The summed E-state index contributed by atoms with van der Waals surface area (Å²) in [6.45, 7) is 2.15. The van der Waals surface area contributed by atoms with Crippen LogP contribution in [0.3, 0.4) is 0 Å². The molecule has 0 spiro atoms. The number of quaternary nitrogens is 1. The van der Waals surface area contributed by atoms with Crippen LogP contribution in [0.2, 0.25) is 0 Å². The van der Waals surface area contributed by atoms with Crippen molar-refractivity contribution in [1.82, 2.24) is 5.32 Å². The van der Waals surface area contributed by atoms with Gasteiger partial charge in [0.25, 0.3) is 0 Å². The van der Waals surface area contributed by atoms with Crippen LogP contribution in [-0.4, -0.2) is 62.5 Å². The Morgan fingerprint density at radius 1 is 1.15 bits per heavy atom. The van der Waals surface area contributed by atoms with Crippen molar-refractivity contribution in [2.45, 2.75) is 55.9 Å². The molecule has 2 fully saturated rings. The number of carbonyl (C=O) groups is 1. The van der Waals surface area contributed by atoms with Crippen molar-refractivity contribution in [1.29, 1.82) is 0 Å². The predicted octanol–water partition coefficient (Wildman–Crippen LogP) is 1.92. The highest BCUT2D eigenvalue weighted by Crippen LogP contribution is 2.34. The number of amides is 1. The monoisotopic (exact) mass is 379 g/mol. The summed E-state index contributed by atoms with van der Waals surface area (Å²) in [6, 6.07) is 10.0. The molecule has 1 saturated carbocycles. The maximum absolute atomic E-state index is 12.6. The molecule has 1 aliphatic heterocycles. The standard InChI is InChI=1S/C20H30N2O3S/c1-22(12-6-7-13-22)19-15-17(26(2,24)25)10-11-18(19)21-20(23)14-16-8-4-3-5-9-16/h3-5,8-9,17-19H,6-7,10-15H2,1-2H3/p+1/t17-,18?,19+/m0/s1. The molecule has 1 heterocycles. The number of likely N-dealkylation sites (tertiary alicyclic amines) is 1. The van der Waals surface area contributed by atoms with Gasteiger partial charge in [-0.15, -0.1) is 0 Å². The van der Waals surface area contributed by atoms with E-state index in [-0.39, 0.29) is 23.2 Å². The molecule has 144 valence electrons. The lowest BCUT2D eigenvalue weighted by atomic mass is 9.87. The van der Waals surface area contributed by atoms with Crippen molar-refractivity contribution in [2.75, 3.05) is 26.4 Å². The average Bonchev–Trinajstić information content (AvgIpc) is 3.02. The predicted molar refractivity (Wildman–Crippen MR) is 103 cm³/mol. The third-order valence-corrected chi connectivity index (χ3v) is 7.96. The average molecular weight is 380 g/mol. The number of nitrogens with one attached hydrogen (secondary N) is 1. The molecule has 3 atom stereocenters. The number of carbonyl (C=O) groups excluding carboxylic acids is 1. The molecule has 1 aromatic rings. The third-order valence-electron chi connectivity index (χ3n) is 6.32. The van der Waals surface area contributed by atoms with E-state index in [1.807, 2.05) is 30.3 Å². The number of hydrogen-bond acceptors (Lipinski definition) is 3. The molecule has 0 radical (unpaired) electrons. The SMILES string of the molecule is C[N+]1([C@@H]2C[C@@H](S(C)(=O)=O)CCC2NC(=O)Cc2ccccc2)CCCC1. The van der Waals surface area contributed by atoms with Crippen molar-refractivity contribution in [3.63, 3.8) is 0 Å². The molecule has 1 amide bonds. The first-order valence-electron chi connectivity index (χ1n) is 9.64. The van der Waals surface area contributed by atoms with Crippen molar-refractivity contribution in [3.8, 4) is 0 Å². The Hall–Kier alpha value is -1.40. The van der Waals surface area contributed by atoms with E-state index in [1.54, 1.807) is 0 Å². The molecular formula is C20H31N2O3S+. The third kappa shape index (κ3) is 4.46. The summed E-state index contributed by atoms with van der Waals surface area (Å²) in [5.74, 6) is 0.0369. The van der Waals surface area contributed by atoms with Gasteiger partial charge in [0, 0.05) is 25.5 Å². The fraction of sp³-hybridized carbons (Fsp3) is 0.650. The molecule has 1 saturated heterocycles. The summed E-state index contributed by atoms with van der Waals surface area (Å²) >= 11 is 0. The van der Waals surface area contributed by atoms with E-state index >= 15 is 0 Å². The molecule has 1 aliphatic carbocycles. The molecule has 0 bridgehead atoms. The molecule has 0 aromatic heterocycles. The van der Waals surface area contributed by atoms with Crippen LogP contribution in [0.5, 0.6) is 0 Å². The van der Waals surface area contributed by atoms with E-state index in [0.717, 1.165) is 29.6 Å². The van der Waals surface area contributed by atoms with Gasteiger partial charge in [0.15, 0.2) is 9.84 Å². The Morgan fingerprint density at radius 2 is 1.81 bits per heavy atom. The zero-order valence-corrected chi connectivity index (χ0v) is 16.7. The summed E-state index contributed by atoms with van der Waals surface area (Å²) in [4.78, 5) is 12.6. The highest BCUT2D eigenvalue weighted by atomic mass is 32.2. The summed E-state index contributed by atoms with van der Waals surface area (Å²) < 4.78 is 25.1. The van der Waals surface area contributed by atoms with E-state index in [1.165, 1.54) is 19.1 Å². The van der Waals surface area contributed by atoms with E-state index in [4.69, 9.17) is 0 Å². The summed E-state index contributed by atoms with van der Waals surface area (Å²) in [5.41, 5.74) is 1.01. The molecule has 6 heteroatoms. The molecule has 1 aromatic carbocycles. The quantitative estimate of drug-likeness (QED) is 0.795. The van der Waals surface area contributed by atoms with Gasteiger partial charge in [-0.2, -0.15) is 0 Å². The van der Waals surface area contributed by atoms with E-state index in [9.17, 15) is 13.2 Å². The fourth-order valence-corrected chi connectivity index (χ4v) is 5.89. The van der Waals surface area contributed by atoms with Crippen molar-refractivity contribution in [2.24, 2.45) is 0 Å². The van der Waals surface area contributed by atoms with Crippen LogP contribution in [-0.2, 0) is 21.1 Å². The number of rotatable bonds is 5. The van der Waals surface area contributed by atoms with Gasteiger partial charge in [-0.05, 0) is 18.4 Å². The first kappa shape index (κ1) is 19.4. The normalized spacial score (nSPS) is 28.6. The zero-order valence-electron chi connectivity index (χ0n) is 15.9. The van der Waals surface area contributed by atoms with Crippen LogP contribution in [0.15, 0.2) is 30.3 Å². The smallest absolute Gasteiger partial charge is 0.224 e. The van der Waals surface area contributed by atoms with Crippen LogP contribution in [0.4, 0.5) is 0 Å². The largest absolute Gasteiger partial charge is 0.347 e. The maximum Gasteiger partial charge on any atom is 0.224 e. The first-order chi connectivity index (χ1) is 12.3. The summed E-state index contributed by atoms with van der Waals surface area (Å²) in [7, 11) is -0.803. The molecule has 26 heavy (non-hydrogen) atoms. The minimum Gasteiger partial charge on any atom is -0.347 e. The summed E-state index contributed by atoms with van der Waals surface area (Å²) in [6.07, 6.45) is 6.15. The molecule has 5 nitrogen and oxygen atoms in total. The number of benzene rings is 1. The Bertz CT molecular complexity index is 727. The molecule has 1 unspecified atom stereocenters. The van der Waals surface area contributed by atoms with Gasteiger partial charge in [-0.25, -0.2) is 8.42 Å². The van der Waals surface area contributed by atoms with Crippen LogP contribution in [0, 0.1) is 0 Å². The second-order valence-electron chi connectivity index (χ2n) is 8.30. The first-order valence-corrected chi connectivity index (χ1v) is 11.6. The number of sulfone groups is 1. The van der Waals surface area contributed by atoms with Crippen LogP contribution < -0.4 is 5.32 Å². The lowest BCUT2D eigenvalue weighted by Gasteiger charge is -2.46. The van der Waals surface area contributed by atoms with Crippen molar-refractivity contribution < 1.29 is 17.7 Å². The number of hydrogen-bond donors (Lipinski definition) is 1. The minimum atomic E-state index is -3.04. The fourth-order valence-electron chi connectivity index (χ4n) is 4.78. The second kappa shape index (κ2) is 7.69. The van der Waals surface area contributed by atoms with E-state index in [0.29, 0.717) is 19.3 Å². The molecule has 3 rings (SSSR count). The molecule has 2 aliphatic rings. The van der Waals surface area contributed by atoms with Gasteiger partial charge in [0.05, 0.1) is 37.8 Å². The molecular weight excluding hydrogens is 348 g/mol. The Morgan fingerprint density at radius 3 is 2.42 bits per heavy atom. The topological polar surface area (TPSA) is 63.2 Å². The molecule has 1 N–H and O–H groups in total. The van der Waals surface area contributed by atoms with Gasteiger partial charge in [0.1, 0.15) is 6.04 Å². The Kier molecular flexibility index (Phi) is 5.72. The van der Waals surface area contributed by atoms with E-state index in [2.05, 4.69) is 12.4 Å². The highest BCUT2D eigenvalue weighted by Gasteiger charge is 2.46. The lowest BCUT2D eigenvalue weighted by molar-refractivity contribution is -0.924. The van der Waals surface area contributed by atoms with Crippen molar-refractivity contribution in [3.05, 3.63) is 35.9 Å². The zero-order chi connectivity index (χ0) is 18.8. The van der Waals surface area contributed by atoms with Crippen molar-refractivity contribution >= 4 is 15.7 Å². The van der Waals surface area contributed by atoms with Gasteiger partial charge >= 0.3 is 0 Å².